The Hall–Kier alpha value is -3.61. The molecule has 0 atom stereocenters. The zero-order valence-electron chi connectivity index (χ0n) is 12.8. The van der Waals surface area contributed by atoms with Gasteiger partial charge in [0.1, 0.15) is 17.3 Å². The largest absolute Gasteiger partial charge is 0.439 e. The number of nitrogens with zero attached hydrogens (tertiary/aromatic N) is 4. The maximum absolute atomic E-state index is 12.9. The number of rotatable bonds is 4. The van der Waals surface area contributed by atoms with Crippen molar-refractivity contribution in [2.75, 3.05) is 0 Å². The van der Waals surface area contributed by atoms with E-state index in [1.165, 1.54) is 30.5 Å². The third kappa shape index (κ3) is 3.50. The zero-order valence-corrected chi connectivity index (χ0v) is 12.8. The van der Waals surface area contributed by atoms with E-state index in [-0.39, 0.29) is 17.7 Å². The van der Waals surface area contributed by atoms with Crippen molar-refractivity contribution in [3.8, 4) is 23.4 Å². The topological polar surface area (TPSA) is 70.0 Å². The van der Waals surface area contributed by atoms with Crippen LogP contribution in [0.25, 0.3) is 11.0 Å². The number of hydrogen-bond acceptors (Lipinski definition) is 6. The van der Waals surface area contributed by atoms with Crippen molar-refractivity contribution in [1.82, 2.24) is 19.9 Å². The van der Waals surface area contributed by atoms with Gasteiger partial charge < -0.3 is 9.47 Å². The molecule has 0 saturated heterocycles. The highest BCUT2D eigenvalue weighted by Gasteiger charge is 2.06. The zero-order chi connectivity index (χ0) is 17.1. The molecule has 6 nitrogen and oxygen atoms in total. The van der Waals surface area contributed by atoms with Gasteiger partial charge in [-0.3, -0.25) is 9.97 Å². The summed E-state index contributed by atoms with van der Waals surface area (Å²) in [6.45, 7) is 0. The number of aromatic nitrogens is 4. The summed E-state index contributed by atoms with van der Waals surface area (Å²) in [7, 11) is 0. The molecule has 4 rings (SSSR count). The Kier molecular flexibility index (Phi) is 3.88. The Balaban J connectivity index is 1.55. The fraction of sp³-hybridized carbons (Fsp3) is 0. The van der Waals surface area contributed by atoms with E-state index < -0.39 is 0 Å². The molecule has 25 heavy (non-hydrogen) atoms. The molecule has 0 saturated carbocycles. The molecule has 7 heteroatoms. The molecule has 2 aromatic carbocycles. The van der Waals surface area contributed by atoms with Crippen LogP contribution in [0.2, 0.25) is 0 Å². The molecule has 0 N–H and O–H groups in total. The molecular weight excluding hydrogens is 323 g/mol. The summed E-state index contributed by atoms with van der Waals surface area (Å²) >= 11 is 0. The first-order valence-corrected chi connectivity index (χ1v) is 7.41. The van der Waals surface area contributed by atoms with E-state index in [4.69, 9.17) is 9.47 Å². The lowest BCUT2D eigenvalue weighted by atomic mass is 10.3. The van der Waals surface area contributed by atoms with Gasteiger partial charge >= 0.3 is 6.01 Å². The lowest BCUT2D eigenvalue weighted by Gasteiger charge is -2.07. The molecule has 2 aromatic heterocycles. The second-order valence-electron chi connectivity index (χ2n) is 5.04. The van der Waals surface area contributed by atoms with Crippen molar-refractivity contribution >= 4 is 11.0 Å². The predicted octanol–water partition coefficient (Wildman–Crippen LogP) is 4.14. The van der Waals surface area contributed by atoms with E-state index >= 15 is 0 Å². The van der Waals surface area contributed by atoms with Gasteiger partial charge in [-0.05, 0) is 36.4 Å². The SMILES string of the molecule is Fc1ccc(Oc2ccnc(Oc3ccc4nccnc4c3)n2)cc1. The number of hydrogen-bond donors (Lipinski definition) is 0. The van der Waals surface area contributed by atoms with Crippen LogP contribution in [0.1, 0.15) is 0 Å². The van der Waals surface area contributed by atoms with Gasteiger partial charge in [-0.1, -0.05) is 0 Å². The highest BCUT2D eigenvalue weighted by Crippen LogP contribution is 2.24. The van der Waals surface area contributed by atoms with Gasteiger partial charge in [0, 0.05) is 30.7 Å². The van der Waals surface area contributed by atoms with Crippen LogP contribution in [0.3, 0.4) is 0 Å². The second kappa shape index (κ2) is 6.48. The number of benzene rings is 2. The molecule has 0 unspecified atom stereocenters. The van der Waals surface area contributed by atoms with Gasteiger partial charge in [-0.15, -0.1) is 0 Å². The van der Waals surface area contributed by atoms with E-state index in [0.29, 0.717) is 17.0 Å². The van der Waals surface area contributed by atoms with Crippen LogP contribution in [0.15, 0.2) is 67.1 Å². The lowest BCUT2D eigenvalue weighted by Crippen LogP contribution is -1.95. The Morgan fingerprint density at radius 2 is 1.44 bits per heavy atom. The Bertz CT molecular complexity index is 1020. The summed E-state index contributed by atoms with van der Waals surface area (Å²) in [6, 6.07) is 12.7. The molecule has 0 amide bonds. The monoisotopic (exact) mass is 334 g/mol. The molecule has 0 bridgehead atoms. The van der Waals surface area contributed by atoms with Crippen LogP contribution in [-0.2, 0) is 0 Å². The Morgan fingerprint density at radius 1 is 0.680 bits per heavy atom. The first-order valence-electron chi connectivity index (χ1n) is 7.41. The van der Waals surface area contributed by atoms with Crippen LogP contribution in [0, 0.1) is 5.82 Å². The molecule has 122 valence electrons. The minimum atomic E-state index is -0.335. The van der Waals surface area contributed by atoms with Gasteiger partial charge in [-0.2, -0.15) is 4.98 Å². The van der Waals surface area contributed by atoms with Crippen LogP contribution in [0.5, 0.6) is 23.4 Å². The molecule has 4 aromatic rings. The van der Waals surface area contributed by atoms with E-state index in [1.54, 1.807) is 36.7 Å². The standard InChI is InChI=1S/C18H11FN4O2/c19-12-1-3-13(4-2-12)24-17-7-8-22-18(23-17)25-14-5-6-15-16(11-14)21-10-9-20-15/h1-11H. The molecular formula is C18H11FN4O2. The van der Waals surface area contributed by atoms with Crippen LogP contribution in [0.4, 0.5) is 4.39 Å². The minimum absolute atomic E-state index is 0.128. The molecule has 0 fully saturated rings. The van der Waals surface area contributed by atoms with E-state index in [2.05, 4.69) is 19.9 Å². The molecule has 0 radical (unpaired) electrons. The van der Waals surface area contributed by atoms with Gasteiger partial charge in [0.05, 0.1) is 11.0 Å². The third-order valence-corrected chi connectivity index (χ3v) is 3.29. The summed E-state index contributed by atoms with van der Waals surface area (Å²) in [4.78, 5) is 16.7. The number of halogens is 1. The summed E-state index contributed by atoms with van der Waals surface area (Å²) < 4.78 is 24.1. The van der Waals surface area contributed by atoms with Gasteiger partial charge in [0.2, 0.25) is 5.88 Å². The quantitative estimate of drug-likeness (QED) is 0.558. The first kappa shape index (κ1) is 14.9. The Labute approximate surface area is 141 Å². The number of fused-ring (bicyclic) bond motifs is 1. The summed E-state index contributed by atoms with van der Waals surface area (Å²) in [5.41, 5.74) is 1.47. The van der Waals surface area contributed by atoms with E-state index in [1.807, 2.05) is 0 Å². The molecule has 0 spiro atoms. The molecule has 2 heterocycles. The second-order valence-corrected chi connectivity index (χ2v) is 5.04. The maximum Gasteiger partial charge on any atom is 0.325 e. The van der Waals surface area contributed by atoms with Gasteiger partial charge in [0.15, 0.2) is 0 Å². The van der Waals surface area contributed by atoms with Gasteiger partial charge in [-0.25, -0.2) is 9.37 Å². The van der Waals surface area contributed by atoms with Crippen LogP contribution >= 0.6 is 0 Å². The highest BCUT2D eigenvalue weighted by atomic mass is 19.1. The lowest BCUT2D eigenvalue weighted by molar-refractivity contribution is 0.411. The smallest absolute Gasteiger partial charge is 0.325 e. The fourth-order valence-electron chi connectivity index (χ4n) is 2.17. The van der Waals surface area contributed by atoms with Crippen molar-refractivity contribution in [1.29, 1.82) is 0 Å². The molecule has 0 aliphatic heterocycles. The summed E-state index contributed by atoms with van der Waals surface area (Å²) in [5, 5.41) is 0. The average Bonchev–Trinajstić information content (AvgIpc) is 2.64. The number of ether oxygens (including phenoxy) is 2. The molecule has 0 aliphatic carbocycles. The Morgan fingerprint density at radius 3 is 2.28 bits per heavy atom. The average molecular weight is 334 g/mol. The fourth-order valence-corrected chi connectivity index (χ4v) is 2.17. The highest BCUT2D eigenvalue weighted by molar-refractivity contribution is 5.75. The summed E-state index contributed by atoms with van der Waals surface area (Å²) in [5.74, 6) is 0.953. The van der Waals surface area contributed by atoms with Crippen molar-refractivity contribution < 1.29 is 13.9 Å². The van der Waals surface area contributed by atoms with Crippen LogP contribution in [-0.4, -0.2) is 19.9 Å². The van der Waals surface area contributed by atoms with Crippen molar-refractivity contribution in [2.24, 2.45) is 0 Å². The third-order valence-electron chi connectivity index (χ3n) is 3.29. The summed E-state index contributed by atoms with van der Waals surface area (Å²) in [6.07, 6.45) is 4.75. The first-order chi connectivity index (χ1) is 12.3. The van der Waals surface area contributed by atoms with E-state index in [0.717, 1.165) is 5.52 Å². The predicted molar refractivity (Wildman–Crippen MR) is 88.1 cm³/mol. The van der Waals surface area contributed by atoms with E-state index in [9.17, 15) is 4.39 Å². The van der Waals surface area contributed by atoms with Crippen molar-refractivity contribution in [3.63, 3.8) is 0 Å². The maximum atomic E-state index is 12.9. The molecule has 0 aliphatic rings. The van der Waals surface area contributed by atoms with Gasteiger partial charge in [0.25, 0.3) is 0 Å². The normalized spacial score (nSPS) is 10.6. The van der Waals surface area contributed by atoms with Crippen molar-refractivity contribution in [3.05, 3.63) is 72.9 Å². The minimum Gasteiger partial charge on any atom is -0.439 e. The van der Waals surface area contributed by atoms with Crippen LogP contribution < -0.4 is 9.47 Å². The van der Waals surface area contributed by atoms with Crippen molar-refractivity contribution in [2.45, 2.75) is 0 Å².